The van der Waals surface area contributed by atoms with E-state index in [-0.39, 0.29) is 0 Å². The lowest BCUT2D eigenvalue weighted by atomic mass is 10.1. The second-order valence-corrected chi connectivity index (χ2v) is 4.85. The summed E-state index contributed by atoms with van der Waals surface area (Å²) in [6, 6.07) is 7.74. The molecule has 0 aliphatic carbocycles. The van der Waals surface area contributed by atoms with Crippen molar-refractivity contribution >= 4 is 11.6 Å². The van der Waals surface area contributed by atoms with Crippen LogP contribution in [0.4, 0.5) is 0 Å². The topological polar surface area (TPSA) is 44.2 Å². The second kappa shape index (κ2) is 5.77. The number of aromatic nitrogens is 2. The van der Waals surface area contributed by atoms with E-state index >= 15 is 0 Å². The Kier molecular flexibility index (Phi) is 3.85. The molecule has 0 amide bonds. The van der Waals surface area contributed by atoms with Crippen molar-refractivity contribution < 1.29 is 9.47 Å². The van der Waals surface area contributed by atoms with Crippen LogP contribution in [0.1, 0.15) is 18.2 Å². The van der Waals surface area contributed by atoms with E-state index in [1.807, 2.05) is 31.2 Å². The van der Waals surface area contributed by atoms with Crippen molar-refractivity contribution in [2.45, 2.75) is 20.0 Å². The fraction of sp³-hybridized carbons (Fsp3) is 0.333. The molecule has 0 saturated carbocycles. The van der Waals surface area contributed by atoms with Gasteiger partial charge < -0.3 is 9.47 Å². The van der Waals surface area contributed by atoms with E-state index in [0.29, 0.717) is 30.8 Å². The van der Waals surface area contributed by atoms with Crippen molar-refractivity contribution in [3.8, 4) is 17.1 Å². The van der Waals surface area contributed by atoms with Crippen molar-refractivity contribution in [2.75, 3.05) is 13.2 Å². The zero-order valence-electron chi connectivity index (χ0n) is 11.2. The number of nitrogens with zero attached hydrogens (tertiary/aromatic N) is 2. The standard InChI is InChI=1S/C15H15ClN2O2/c1-2-20-13-6-4-3-5-10(13)15-17-12-7-8-19-9-11(12)14(16)18-15/h3-6H,2,7-9H2,1H3. The maximum Gasteiger partial charge on any atom is 0.164 e. The van der Waals surface area contributed by atoms with Crippen LogP contribution in [0.25, 0.3) is 11.4 Å². The van der Waals surface area contributed by atoms with Crippen LogP contribution in [-0.4, -0.2) is 23.2 Å². The van der Waals surface area contributed by atoms with Crippen LogP contribution in [0.15, 0.2) is 24.3 Å². The fourth-order valence-corrected chi connectivity index (χ4v) is 2.49. The number of para-hydroxylation sites is 1. The molecule has 0 radical (unpaired) electrons. The van der Waals surface area contributed by atoms with Crippen LogP contribution >= 0.6 is 11.6 Å². The average Bonchev–Trinajstić information content (AvgIpc) is 2.48. The lowest BCUT2D eigenvalue weighted by Gasteiger charge is -2.18. The molecular formula is C15H15ClN2O2. The molecule has 20 heavy (non-hydrogen) atoms. The van der Waals surface area contributed by atoms with Gasteiger partial charge in [-0.1, -0.05) is 23.7 Å². The van der Waals surface area contributed by atoms with Crippen molar-refractivity contribution in [3.63, 3.8) is 0 Å². The van der Waals surface area contributed by atoms with Crippen LogP contribution in [0.3, 0.4) is 0 Å². The van der Waals surface area contributed by atoms with Gasteiger partial charge in [-0.2, -0.15) is 0 Å². The first-order valence-electron chi connectivity index (χ1n) is 6.65. The monoisotopic (exact) mass is 290 g/mol. The number of hydrogen-bond donors (Lipinski definition) is 0. The zero-order valence-corrected chi connectivity index (χ0v) is 12.0. The Morgan fingerprint density at radius 2 is 2.15 bits per heavy atom. The molecule has 5 heteroatoms. The minimum Gasteiger partial charge on any atom is -0.493 e. The van der Waals surface area contributed by atoms with Gasteiger partial charge in [0, 0.05) is 12.0 Å². The Morgan fingerprint density at radius 1 is 1.30 bits per heavy atom. The van der Waals surface area contributed by atoms with Crippen molar-refractivity contribution in [1.29, 1.82) is 0 Å². The van der Waals surface area contributed by atoms with Gasteiger partial charge in [-0.3, -0.25) is 0 Å². The van der Waals surface area contributed by atoms with Crippen LogP contribution in [0.5, 0.6) is 5.75 Å². The van der Waals surface area contributed by atoms with Gasteiger partial charge in [-0.05, 0) is 19.1 Å². The first-order valence-corrected chi connectivity index (χ1v) is 7.02. The second-order valence-electron chi connectivity index (χ2n) is 4.50. The molecule has 1 aromatic heterocycles. The summed E-state index contributed by atoms with van der Waals surface area (Å²) in [5.74, 6) is 1.39. The smallest absolute Gasteiger partial charge is 0.164 e. The minimum absolute atomic E-state index is 0.469. The molecule has 0 N–H and O–H groups in total. The molecule has 4 nitrogen and oxygen atoms in total. The van der Waals surface area contributed by atoms with Gasteiger partial charge >= 0.3 is 0 Å². The molecule has 104 valence electrons. The first kappa shape index (κ1) is 13.3. The van der Waals surface area contributed by atoms with Crippen molar-refractivity contribution in [2.24, 2.45) is 0 Å². The largest absolute Gasteiger partial charge is 0.493 e. The molecule has 3 rings (SSSR count). The van der Waals surface area contributed by atoms with Crippen molar-refractivity contribution in [1.82, 2.24) is 9.97 Å². The number of hydrogen-bond acceptors (Lipinski definition) is 4. The number of fused-ring (bicyclic) bond motifs is 1. The summed E-state index contributed by atoms with van der Waals surface area (Å²) in [7, 11) is 0. The van der Waals surface area contributed by atoms with E-state index in [4.69, 9.17) is 21.1 Å². The highest BCUT2D eigenvalue weighted by molar-refractivity contribution is 6.30. The van der Waals surface area contributed by atoms with E-state index in [1.54, 1.807) is 0 Å². The van der Waals surface area contributed by atoms with Crippen LogP contribution in [-0.2, 0) is 17.8 Å². The molecular weight excluding hydrogens is 276 g/mol. The Hall–Kier alpha value is -1.65. The summed E-state index contributed by atoms with van der Waals surface area (Å²) in [4.78, 5) is 9.03. The summed E-state index contributed by atoms with van der Waals surface area (Å²) in [6.07, 6.45) is 0.765. The Morgan fingerprint density at radius 3 is 3.00 bits per heavy atom. The van der Waals surface area contributed by atoms with E-state index < -0.39 is 0 Å². The highest BCUT2D eigenvalue weighted by Crippen LogP contribution is 2.31. The van der Waals surface area contributed by atoms with Gasteiger partial charge in [0.1, 0.15) is 10.9 Å². The normalized spacial score (nSPS) is 13.9. The maximum absolute atomic E-state index is 6.25. The highest BCUT2D eigenvalue weighted by Gasteiger charge is 2.19. The Labute approximate surface area is 122 Å². The molecule has 0 saturated heterocycles. The third-order valence-corrected chi connectivity index (χ3v) is 3.51. The minimum atomic E-state index is 0.469. The van der Waals surface area contributed by atoms with E-state index in [2.05, 4.69) is 9.97 Å². The summed E-state index contributed by atoms with van der Waals surface area (Å²) in [5.41, 5.74) is 2.73. The predicted octanol–water partition coefficient (Wildman–Crippen LogP) is 3.27. The summed E-state index contributed by atoms with van der Waals surface area (Å²) in [6.45, 7) is 3.72. The SMILES string of the molecule is CCOc1ccccc1-c1nc(Cl)c2c(n1)CCOC2. The first-order chi connectivity index (χ1) is 9.79. The average molecular weight is 291 g/mol. The molecule has 0 atom stereocenters. The van der Waals surface area contributed by atoms with Crippen LogP contribution < -0.4 is 4.74 Å². The molecule has 0 fully saturated rings. The van der Waals surface area contributed by atoms with Gasteiger partial charge in [0.05, 0.1) is 31.1 Å². The quantitative estimate of drug-likeness (QED) is 0.814. The van der Waals surface area contributed by atoms with Crippen LogP contribution in [0, 0.1) is 0 Å². The molecule has 0 unspecified atom stereocenters. The number of rotatable bonds is 3. The van der Waals surface area contributed by atoms with Gasteiger partial charge in [-0.25, -0.2) is 9.97 Å². The molecule has 1 aliphatic rings. The maximum atomic E-state index is 6.25. The van der Waals surface area contributed by atoms with Gasteiger partial charge in [0.25, 0.3) is 0 Å². The fourth-order valence-electron chi connectivity index (χ4n) is 2.25. The number of ether oxygens (including phenoxy) is 2. The lowest BCUT2D eigenvalue weighted by Crippen LogP contribution is -2.14. The Bertz CT molecular complexity index is 631. The highest BCUT2D eigenvalue weighted by atomic mass is 35.5. The lowest BCUT2D eigenvalue weighted by molar-refractivity contribution is 0.109. The summed E-state index contributed by atoms with van der Waals surface area (Å²) < 4.78 is 11.0. The van der Waals surface area contributed by atoms with Crippen LogP contribution in [0.2, 0.25) is 5.15 Å². The summed E-state index contributed by atoms with van der Waals surface area (Å²) >= 11 is 6.25. The van der Waals surface area contributed by atoms with Gasteiger partial charge in [0.15, 0.2) is 5.82 Å². The molecule has 1 aliphatic heterocycles. The number of halogens is 1. The predicted molar refractivity (Wildman–Crippen MR) is 77.0 cm³/mol. The van der Waals surface area contributed by atoms with Gasteiger partial charge in [-0.15, -0.1) is 0 Å². The molecule has 2 heterocycles. The molecule has 0 bridgehead atoms. The number of benzene rings is 1. The third kappa shape index (κ3) is 2.49. The zero-order chi connectivity index (χ0) is 13.9. The third-order valence-electron chi connectivity index (χ3n) is 3.20. The van der Waals surface area contributed by atoms with E-state index in [9.17, 15) is 0 Å². The Balaban J connectivity index is 2.09. The van der Waals surface area contributed by atoms with Gasteiger partial charge in [0.2, 0.25) is 0 Å². The van der Waals surface area contributed by atoms with E-state index in [0.717, 1.165) is 29.0 Å². The van der Waals surface area contributed by atoms with E-state index in [1.165, 1.54) is 0 Å². The van der Waals surface area contributed by atoms with Crippen molar-refractivity contribution in [3.05, 3.63) is 40.7 Å². The summed E-state index contributed by atoms with van der Waals surface area (Å²) in [5, 5.41) is 0.469. The molecule has 1 aromatic carbocycles. The molecule has 0 spiro atoms. The molecule has 2 aromatic rings.